The molecule has 0 aromatic heterocycles. The van der Waals surface area contributed by atoms with Crippen molar-refractivity contribution in [1.29, 1.82) is 0 Å². The molecule has 1 heterocycles. The van der Waals surface area contributed by atoms with Crippen LogP contribution in [-0.2, 0) is 14.3 Å². The van der Waals surface area contributed by atoms with Crippen molar-refractivity contribution in [2.45, 2.75) is 18.9 Å². The summed E-state index contributed by atoms with van der Waals surface area (Å²) in [7, 11) is 0. The smallest absolute Gasteiger partial charge is 0.305 e. The molecule has 1 aliphatic heterocycles. The van der Waals surface area contributed by atoms with Crippen molar-refractivity contribution >= 4 is 11.9 Å². The standard InChI is InChI=1S/C9H16N2O4/c10-7(6-8(12)13)9(14)11-2-1-4-15-5-3-11/h7H,1-6,10H2,(H,12,13). The monoisotopic (exact) mass is 216 g/mol. The van der Waals surface area contributed by atoms with Crippen molar-refractivity contribution in [3.8, 4) is 0 Å². The fourth-order valence-electron chi connectivity index (χ4n) is 1.48. The first-order valence-electron chi connectivity index (χ1n) is 4.95. The van der Waals surface area contributed by atoms with Crippen LogP contribution in [-0.4, -0.2) is 54.2 Å². The zero-order valence-corrected chi connectivity index (χ0v) is 8.52. The van der Waals surface area contributed by atoms with E-state index in [4.69, 9.17) is 15.6 Å². The molecule has 0 aromatic carbocycles. The van der Waals surface area contributed by atoms with Gasteiger partial charge in [-0.1, -0.05) is 0 Å². The maximum Gasteiger partial charge on any atom is 0.305 e. The van der Waals surface area contributed by atoms with Gasteiger partial charge in [0, 0.05) is 19.7 Å². The third kappa shape index (κ3) is 3.85. The normalized spacial score (nSPS) is 19.4. The van der Waals surface area contributed by atoms with Gasteiger partial charge in [0.1, 0.15) is 0 Å². The first-order chi connectivity index (χ1) is 7.11. The molecule has 1 saturated heterocycles. The van der Waals surface area contributed by atoms with E-state index < -0.39 is 12.0 Å². The minimum absolute atomic E-state index is 0.303. The number of ether oxygens (including phenoxy) is 1. The summed E-state index contributed by atoms with van der Waals surface area (Å²) in [6.07, 6.45) is 0.446. The molecule has 1 fully saturated rings. The Balaban J connectivity index is 2.46. The second-order valence-electron chi connectivity index (χ2n) is 3.50. The van der Waals surface area contributed by atoms with Crippen LogP contribution >= 0.6 is 0 Å². The maximum atomic E-state index is 11.7. The number of amides is 1. The lowest BCUT2D eigenvalue weighted by Crippen LogP contribution is -2.45. The Bertz CT molecular complexity index is 236. The Morgan fingerprint density at radius 2 is 2.13 bits per heavy atom. The number of carboxylic acid groups (broad SMARTS) is 1. The first-order valence-corrected chi connectivity index (χ1v) is 4.95. The zero-order chi connectivity index (χ0) is 11.3. The zero-order valence-electron chi connectivity index (χ0n) is 8.52. The van der Waals surface area contributed by atoms with Crippen LogP contribution < -0.4 is 5.73 Å². The Hall–Kier alpha value is -1.14. The molecule has 1 aliphatic rings. The highest BCUT2D eigenvalue weighted by atomic mass is 16.5. The summed E-state index contributed by atoms with van der Waals surface area (Å²) in [6.45, 7) is 2.21. The lowest BCUT2D eigenvalue weighted by Gasteiger charge is -2.22. The van der Waals surface area contributed by atoms with Crippen LogP contribution in [0.15, 0.2) is 0 Å². The number of aliphatic carboxylic acids is 1. The van der Waals surface area contributed by atoms with E-state index in [-0.39, 0.29) is 12.3 Å². The Morgan fingerprint density at radius 3 is 2.80 bits per heavy atom. The summed E-state index contributed by atoms with van der Waals surface area (Å²) < 4.78 is 5.18. The van der Waals surface area contributed by atoms with E-state index >= 15 is 0 Å². The molecule has 1 amide bonds. The lowest BCUT2D eigenvalue weighted by molar-refractivity contribution is -0.142. The van der Waals surface area contributed by atoms with Crippen LogP contribution in [0, 0.1) is 0 Å². The fourth-order valence-corrected chi connectivity index (χ4v) is 1.48. The molecule has 0 saturated carbocycles. The van der Waals surface area contributed by atoms with Gasteiger partial charge in [-0.3, -0.25) is 9.59 Å². The molecule has 15 heavy (non-hydrogen) atoms. The summed E-state index contributed by atoms with van der Waals surface area (Å²) >= 11 is 0. The molecule has 6 nitrogen and oxygen atoms in total. The molecule has 86 valence electrons. The average Bonchev–Trinajstić information content (AvgIpc) is 2.43. The third-order valence-electron chi connectivity index (χ3n) is 2.25. The van der Waals surface area contributed by atoms with Gasteiger partial charge in [-0.05, 0) is 6.42 Å². The van der Waals surface area contributed by atoms with Gasteiger partial charge < -0.3 is 20.5 Å². The molecular weight excluding hydrogens is 200 g/mol. The van der Waals surface area contributed by atoms with Gasteiger partial charge >= 0.3 is 5.97 Å². The maximum absolute atomic E-state index is 11.7. The van der Waals surface area contributed by atoms with E-state index in [9.17, 15) is 9.59 Å². The minimum atomic E-state index is -1.05. The number of carbonyl (C=O) groups is 2. The summed E-state index contributed by atoms with van der Waals surface area (Å²) in [6, 6.07) is -0.944. The predicted molar refractivity (Wildman–Crippen MR) is 52.2 cm³/mol. The molecule has 0 aromatic rings. The number of nitrogens with zero attached hydrogens (tertiary/aromatic N) is 1. The van der Waals surface area contributed by atoms with E-state index in [2.05, 4.69) is 0 Å². The number of carboxylic acids is 1. The van der Waals surface area contributed by atoms with Gasteiger partial charge in [0.25, 0.3) is 0 Å². The predicted octanol–water partition coefficient (Wildman–Crippen LogP) is -0.963. The molecular formula is C9H16N2O4. The Kier molecular flexibility index (Phi) is 4.51. The highest BCUT2D eigenvalue weighted by molar-refractivity contribution is 5.85. The molecule has 0 bridgehead atoms. The van der Waals surface area contributed by atoms with Crippen LogP contribution in [0.4, 0.5) is 0 Å². The van der Waals surface area contributed by atoms with Crippen molar-refractivity contribution in [1.82, 2.24) is 4.90 Å². The number of nitrogens with two attached hydrogens (primary N) is 1. The second-order valence-corrected chi connectivity index (χ2v) is 3.50. The van der Waals surface area contributed by atoms with Crippen molar-refractivity contribution in [3.63, 3.8) is 0 Å². The highest BCUT2D eigenvalue weighted by Gasteiger charge is 2.23. The van der Waals surface area contributed by atoms with E-state index in [1.165, 1.54) is 0 Å². The van der Waals surface area contributed by atoms with E-state index in [0.717, 1.165) is 6.42 Å². The quantitative estimate of drug-likeness (QED) is 0.633. The Labute approximate surface area is 88.0 Å². The van der Waals surface area contributed by atoms with Gasteiger partial charge in [0.15, 0.2) is 0 Å². The number of hydrogen-bond donors (Lipinski definition) is 2. The molecule has 0 spiro atoms. The minimum Gasteiger partial charge on any atom is -0.481 e. The molecule has 0 radical (unpaired) electrons. The number of carbonyl (C=O) groups excluding carboxylic acids is 1. The van der Waals surface area contributed by atoms with Gasteiger partial charge in [-0.25, -0.2) is 0 Å². The summed E-state index contributed by atoms with van der Waals surface area (Å²) in [4.78, 5) is 23.6. The topological polar surface area (TPSA) is 92.9 Å². The van der Waals surface area contributed by atoms with E-state index in [0.29, 0.717) is 26.3 Å². The van der Waals surface area contributed by atoms with Crippen LogP contribution in [0.5, 0.6) is 0 Å². The SMILES string of the molecule is NC(CC(=O)O)C(=O)N1CCCOCC1. The third-order valence-corrected chi connectivity index (χ3v) is 2.25. The largest absolute Gasteiger partial charge is 0.481 e. The number of hydrogen-bond acceptors (Lipinski definition) is 4. The summed E-state index contributed by atoms with van der Waals surface area (Å²) in [5.74, 6) is -1.36. The molecule has 6 heteroatoms. The molecule has 3 N–H and O–H groups in total. The number of rotatable bonds is 3. The van der Waals surface area contributed by atoms with Crippen molar-refractivity contribution < 1.29 is 19.4 Å². The van der Waals surface area contributed by atoms with Gasteiger partial charge in [-0.15, -0.1) is 0 Å². The van der Waals surface area contributed by atoms with Gasteiger partial charge in [0.05, 0.1) is 19.1 Å². The van der Waals surface area contributed by atoms with Crippen LogP contribution in [0.25, 0.3) is 0 Å². The van der Waals surface area contributed by atoms with Crippen LogP contribution in [0.2, 0.25) is 0 Å². The molecule has 0 aliphatic carbocycles. The van der Waals surface area contributed by atoms with E-state index in [1.807, 2.05) is 0 Å². The fraction of sp³-hybridized carbons (Fsp3) is 0.778. The summed E-state index contributed by atoms with van der Waals surface area (Å²) in [5.41, 5.74) is 5.49. The molecule has 1 unspecified atom stereocenters. The van der Waals surface area contributed by atoms with Crippen molar-refractivity contribution in [3.05, 3.63) is 0 Å². The highest BCUT2D eigenvalue weighted by Crippen LogP contribution is 2.03. The molecule has 1 atom stereocenters. The van der Waals surface area contributed by atoms with Gasteiger partial charge in [0.2, 0.25) is 5.91 Å². The van der Waals surface area contributed by atoms with Crippen molar-refractivity contribution in [2.24, 2.45) is 5.73 Å². The van der Waals surface area contributed by atoms with Gasteiger partial charge in [-0.2, -0.15) is 0 Å². The molecule has 1 rings (SSSR count). The van der Waals surface area contributed by atoms with Crippen LogP contribution in [0.1, 0.15) is 12.8 Å². The van der Waals surface area contributed by atoms with Crippen LogP contribution in [0.3, 0.4) is 0 Å². The second kappa shape index (κ2) is 5.67. The first kappa shape index (κ1) is 11.9. The Morgan fingerprint density at radius 1 is 1.40 bits per heavy atom. The summed E-state index contributed by atoms with van der Waals surface area (Å²) in [5, 5.41) is 8.51. The van der Waals surface area contributed by atoms with Crippen molar-refractivity contribution in [2.75, 3.05) is 26.3 Å². The lowest BCUT2D eigenvalue weighted by atomic mass is 10.2. The average molecular weight is 216 g/mol. The van der Waals surface area contributed by atoms with E-state index in [1.54, 1.807) is 4.90 Å².